The van der Waals surface area contributed by atoms with Crippen molar-refractivity contribution in [3.8, 4) is 0 Å². The summed E-state index contributed by atoms with van der Waals surface area (Å²) in [4.78, 5) is 25.1. The van der Waals surface area contributed by atoms with Gasteiger partial charge in [0.2, 0.25) is 0 Å². The van der Waals surface area contributed by atoms with Crippen molar-refractivity contribution >= 4 is 22.9 Å². The molecule has 140 valence electrons. The van der Waals surface area contributed by atoms with Gasteiger partial charge in [-0.1, -0.05) is 32.0 Å². The Balaban J connectivity index is 1.65. The molecule has 4 rings (SSSR count). The molecule has 1 amide bonds. The highest BCUT2D eigenvalue weighted by molar-refractivity contribution is 6.06. The lowest BCUT2D eigenvalue weighted by Crippen LogP contribution is -2.20. The predicted octanol–water partition coefficient (Wildman–Crippen LogP) is 3.36. The van der Waals surface area contributed by atoms with Crippen molar-refractivity contribution in [3.63, 3.8) is 0 Å². The summed E-state index contributed by atoms with van der Waals surface area (Å²) < 4.78 is 22.2. The molecule has 1 saturated heterocycles. The van der Waals surface area contributed by atoms with Gasteiger partial charge >= 0.3 is 0 Å². The molecule has 0 spiro atoms. The second kappa shape index (κ2) is 7.03. The Bertz CT molecular complexity index is 961. The van der Waals surface area contributed by atoms with E-state index in [1.807, 2.05) is 19.9 Å². The van der Waals surface area contributed by atoms with Crippen molar-refractivity contribution in [1.82, 2.24) is 19.5 Å². The van der Waals surface area contributed by atoms with Crippen molar-refractivity contribution in [2.45, 2.75) is 38.8 Å². The molecule has 0 aliphatic carbocycles. The molecule has 1 fully saturated rings. The van der Waals surface area contributed by atoms with Crippen LogP contribution >= 0.6 is 0 Å². The van der Waals surface area contributed by atoms with E-state index in [-0.39, 0.29) is 23.7 Å². The molecule has 0 saturated carbocycles. The molecule has 1 aliphatic heterocycles. The van der Waals surface area contributed by atoms with Crippen molar-refractivity contribution in [2.75, 3.05) is 5.32 Å². The van der Waals surface area contributed by atoms with Gasteiger partial charge in [0.05, 0.1) is 12.4 Å². The van der Waals surface area contributed by atoms with Gasteiger partial charge < -0.3 is 10.1 Å². The number of hydrogen-bond donors (Lipinski definition) is 1. The van der Waals surface area contributed by atoms with Crippen LogP contribution in [0.3, 0.4) is 0 Å². The number of rotatable bonds is 4. The van der Waals surface area contributed by atoms with E-state index in [0.29, 0.717) is 16.7 Å². The quantitative estimate of drug-likeness (QED) is 0.763. The molecule has 3 heterocycles. The Morgan fingerprint density at radius 3 is 2.74 bits per heavy atom. The maximum atomic E-state index is 14.8. The van der Waals surface area contributed by atoms with Crippen LogP contribution in [-0.2, 0) is 4.74 Å². The zero-order valence-electron chi connectivity index (χ0n) is 15.0. The summed E-state index contributed by atoms with van der Waals surface area (Å²) in [5.74, 6) is -0.233. The standard InChI is InChI=1S/C19H20FN5O2/c1-3-13-11(2)14(20)19(27-13)25-10-23-15-16(21-9-22-17(15)25)24-18(26)12-7-5-4-6-8-12/h4-11,13-14,19H,3H2,1-2H3,(H,21,22,24,26)/t11-,13?,14+,19-/m1/s1. The van der Waals surface area contributed by atoms with Gasteiger partial charge in [0.1, 0.15) is 6.33 Å². The number of nitrogens with one attached hydrogen (secondary N) is 1. The normalized spacial score (nSPS) is 25.0. The van der Waals surface area contributed by atoms with Crippen LogP contribution in [-0.4, -0.2) is 37.7 Å². The fourth-order valence-electron chi connectivity index (χ4n) is 3.43. The molecule has 1 N–H and O–H groups in total. The first-order chi connectivity index (χ1) is 13.1. The van der Waals surface area contributed by atoms with Crippen LogP contribution in [0.2, 0.25) is 0 Å². The molecule has 2 aromatic heterocycles. The van der Waals surface area contributed by atoms with Crippen LogP contribution in [0.1, 0.15) is 36.9 Å². The van der Waals surface area contributed by atoms with E-state index in [9.17, 15) is 9.18 Å². The number of halogens is 1. The third kappa shape index (κ3) is 3.06. The van der Waals surface area contributed by atoms with Crippen molar-refractivity contribution in [3.05, 3.63) is 48.5 Å². The van der Waals surface area contributed by atoms with Gasteiger partial charge in [0.25, 0.3) is 5.91 Å². The summed E-state index contributed by atoms with van der Waals surface area (Å²) in [6, 6.07) is 8.81. The van der Waals surface area contributed by atoms with E-state index in [1.165, 1.54) is 12.7 Å². The molecule has 8 heteroatoms. The van der Waals surface area contributed by atoms with E-state index in [2.05, 4.69) is 20.3 Å². The van der Waals surface area contributed by atoms with Crippen LogP contribution < -0.4 is 5.32 Å². The fourth-order valence-corrected chi connectivity index (χ4v) is 3.43. The number of carbonyl (C=O) groups is 1. The first-order valence-corrected chi connectivity index (χ1v) is 8.93. The van der Waals surface area contributed by atoms with E-state index >= 15 is 0 Å². The van der Waals surface area contributed by atoms with Gasteiger partial charge in [-0.05, 0) is 18.6 Å². The van der Waals surface area contributed by atoms with Gasteiger partial charge in [-0.2, -0.15) is 0 Å². The lowest BCUT2D eigenvalue weighted by Gasteiger charge is -2.15. The fraction of sp³-hybridized carbons (Fsp3) is 0.368. The maximum absolute atomic E-state index is 14.8. The summed E-state index contributed by atoms with van der Waals surface area (Å²) in [7, 11) is 0. The molecule has 3 aromatic rings. The minimum Gasteiger partial charge on any atom is -0.351 e. The van der Waals surface area contributed by atoms with Gasteiger partial charge in [-0.3, -0.25) is 9.36 Å². The topological polar surface area (TPSA) is 81.9 Å². The number of hydrogen-bond acceptors (Lipinski definition) is 5. The number of alkyl halides is 1. The lowest BCUT2D eigenvalue weighted by molar-refractivity contribution is -0.0186. The van der Waals surface area contributed by atoms with Crippen molar-refractivity contribution in [1.29, 1.82) is 0 Å². The van der Waals surface area contributed by atoms with E-state index in [1.54, 1.807) is 28.8 Å². The van der Waals surface area contributed by atoms with Gasteiger partial charge in [-0.25, -0.2) is 19.3 Å². The molecular formula is C19H20FN5O2. The number of amides is 1. The van der Waals surface area contributed by atoms with E-state index in [0.717, 1.165) is 6.42 Å². The second-order valence-electron chi connectivity index (χ2n) is 6.64. The highest BCUT2D eigenvalue weighted by atomic mass is 19.1. The molecule has 4 atom stereocenters. The molecule has 7 nitrogen and oxygen atoms in total. The summed E-state index contributed by atoms with van der Waals surface area (Å²) in [5.41, 5.74) is 1.32. The number of aromatic nitrogens is 4. The molecule has 0 radical (unpaired) electrons. The minimum absolute atomic E-state index is 0.151. The van der Waals surface area contributed by atoms with E-state index in [4.69, 9.17) is 4.74 Å². The number of imidazole rings is 1. The molecule has 1 unspecified atom stereocenters. The third-order valence-corrected chi connectivity index (χ3v) is 4.98. The molecule has 1 aliphatic rings. The highest BCUT2D eigenvalue weighted by Crippen LogP contribution is 2.38. The smallest absolute Gasteiger partial charge is 0.256 e. The monoisotopic (exact) mass is 369 g/mol. The van der Waals surface area contributed by atoms with Crippen LogP contribution in [0.25, 0.3) is 11.2 Å². The zero-order valence-corrected chi connectivity index (χ0v) is 15.0. The molecular weight excluding hydrogens is 349 g/mol. The number of ether oxygens (including phenoxy) is 1. The van der Waals surface area contributed by atoms with E-state index < -0.39 is 12.4 Å². The summed E-state index contributed by atoms with van der Waals surface area (Å²) in [6.45, 7) is 3.82. The average molecular weight is 369 g/mol. The van der Waals surface area contributed by atoms with Gasteiger partial charge in [-0.15, -0.1) is 0 Å². The first kappa shape index (κ1) is 17.5. The van der Waals surface area contributed by atoms with Crippen LogP contribution in [0, 0.1) is 5.92 Å². The molecule has 27 heavy (non-hydrogen) atoms. The third-order valence-electron chi connectivity index (χ3n) is 4.98. The Kier molecular flexibility index (Phi) is 4.57. The Morgan fingerprint density at radius 2 is 2.04 bits per heavy atom. The Labute approximate surface area is 155 Å². The average Bonchev–Trinajstić information content (AvgIpc) is 3.25. The number of carbonyl (C=O) groups excluding carboxylic acids is 1. The Hall–Kier alpha value is -2.87. The Morgan fingerprint density at radius 1 is 1.26 bits per heavy atom. The largest absolute Gasteiger partial charge is 0.351 e. The van der Waals surface area contributed by atoms with Gasteiger partial charge in [0, 0.05) is 11.5 Å². The predicted molar refractivity (Wildman–Crippen MR) is 98.0 cm³/mol. The molecule has 1 aromatic carbocycles. The number of benzene rings is 1. The SMILES string of the molecule is CCC1O[C@@H](n2cnc3c(NC(=O)c4ccccc4)ncnc32)[C@@H](F)[C@@H]1C. The second-order valence-corrected chi connectivity index (χ2v) is 6.64. The van der Waals surface area contributed by atoms with Crippen LogP contribution in [0.15, 0.2) is 43.0 Å². The molecule has 0 bridgehead atoms. The van der Waals surface area contributed by atoms with Crippen LogP contribution in [0.5, 0.6) is 0 Å². The summed E-state index contributed by atoms with van der Waals surface area (Å²) in [5, 5.41) is 2.74. The zero-order chi connectivity index (χ0) is 19.0. The summed E-state index contributed by atoms with van der Waals surface area (Å²) >= 11 is 0. The minimum atomic E-state index is -1.16. The number of nitrogens with zero attached hydrogens (tertiary/aromatic N) is 4. The van der Waals surface area contributed by atoms with Crippen molar-refractivity contribution in [2.24, 2.45) is 5.92 Å². The van der Waals surface area contributed by atoms with Crippen LogP contribution in [0.4, 0.5) is 10.2 Å². The summed E-state index contributed by atoms with van der Waals surface area (Å²) in [6.07, 6.45) is 1.44. The maximum Gasteiger partial charge on any atom is 0.256 e. The van der Waals surface area contributed by atoms with Gasteiger partial charge in [0.15, 0.2) is 29.4 Å². The van der Waals surface area contributed by atoms with Crippen molar-refractivity contribution < 1.29 is 13.9 Å². The number of fused-ring (bicyclic) bond motifs is 1. The number of anilines is 1. The highest BCUT2D eigenvalue weighted by Gasteiger charge is 2.43. The lowest BCUT2D eigenvalue weighted by atomic mass is 10.00. The first-order valence-electron chi connectivity index (χ1n) is 8.93.